The van der Waals surface area contributed by atoms with Crippen molar-refractivity contribution in [1.82, 2.24) is 10.3 Å². The van der Waals surface area contributed by atoms with E-state index < -0.39 is 0 Å². The Morgan fingerprint density at radius 2 is 2.50 bits per heavy atom. The summed E-state index contributed by atoms with van der Waals surface area (Å²) in [5, 5.41) is 3.07. The van der Waals surface area contributed by atoms with Crippen LogP contribution in [0.1, 0.15) is 17.3 Å². The van der Waals surface area contributed by atoms with Crippen molar-refractivity contribution in [2.45, 2.75) is 6.92 Å². The number of hydrogen-bond acceptors (Lipinski definition) is 2. The van der Waals surface area contributed by atoms with Crippen LogP contribution in [0.15, 0.2) is 18.5 Å². The summed E-state index contributed by atoms with van der Waals surface area (Å²) in [7, 11) is 0. The third-order valence-corrected chi connectivity index (χ3v) is 1.68. The molecule has 0 atom stereocenters. The molecular weight excluding hydrogens is 176 g/mol. The van der Waals surface area contributed by atoms with Crippen LogP contribution in [0.5, 0.6) is 0 Å². The van der Waals surface area contributed by atoms with Crippen molar-refractivity contribution in [3.05, 3.63) is 29.0 Å². The van der Waals surface area contributed by atoms with Gasteiger partial charge in [-0.1, -0.05) is 11.6 Å². The van der Waals surface area contributed by atoms with E-state index in [2.05, 4.69) is 10.3 Å². The normalized spacial score (nSPS) is 9.50. The van der Waals surface area contributed by atoms with E-state index in [1.807, 2.05) is 6.92 Å². The summed E-state index contributed by atoms with van der Waals surface area (Å²) in [6.07, 6.45) is 3.00. The van der Waals surface area contributed by atoms with Gasteiger partial charge in [0, 0.05) is 18.9 Å². The molecule has 0 aromatic carbocycles. The summed E-state index contributed by atoms with van der Waals surface area (Å²) < 4.78 is 0. The van der Waals surface area contributed by atoms with Crippen LogP contribution in [0.4, 0.5) is 0 Å². The Morgan fingerprint density at radius 3 is 3.08 bits per heavy atom. The number of amides is 1. The van der Waals surface area contributed by atoms with Crippen LogP contribution in [-0.4, -0.2) is 17.4 Å². The predicted molar refractivity (Wildman–Crippen MR) is 47.3 cm³/mol. The minimum atomic E-state index is -0.185. The van der Waals surface area contributed by atoms with Crippen molar-refractivity contribution in [3.8, 4) is 0 Å². The first kappa shape index (κ1) is 9.00. The topological polar surface area (TPSA) is 42.0 Å². The number of aromatic nitrogens is 1. The molecule has 0 radical (unpaired) electrons. The monoisotopic (exact) mass is 184 g/mol. The Labute approximate surface area is 75.8 Å². The molecule has 0 unspecified atom stereocenters. The van der Waals surface area contributed by atoms with Crippen LogP contribution in [0.3, 0.4) is 0 Å². The molecule has 0 aliphatic carbocycles. The van der Waals surface area contributed by atoms with E-state index in [1.165, 1.54) is 6.20 Å². The SMILES string of the molecule is CCNC(=O)c1cnccc1Cl. The van der Waals surface area contributed by atoms with E-state index in [1.54, 1.807) is 12.3 Å². The fourth-order valence-electron chi connectivity index (χ4n) is 0.800. The molecule has 1 N–H and O–H groups in total. The molecule has 1 amide bonds. The maximum atomic E-state index is 11.2. The first-order chi connectivity index (χ1) is 5.75. The Balaban J connectivity index is 2.87. The first-order valence-electron chi connectivity index (χ1n) is 3.63. The first-order valence-corrected chi connectivity index (χ1v) is 4.01. The van der Waals surface area contributed by atoms with Gasteiger partial charge in [0.2, 0.25) is 0 Å². The van der Waals surface area contributed by atoms with Gasteiger partial charge in [0.25, 0.3) is 5.91 Å². The van der Waals surface area contributed by atoms with E-state index >= 15 is 0 Å². The molecule has 64 valence electrons. The van der Waals surface area contributed by atoms with Crippen LogP contribution in [0.2, 0.25) is 5.02 Å². The number of halogens is 1. The summed E-state index contributed by atoms with van der Waals surface area (Å²) in [4.78, 5) is 15.0. The number of carbonyl (C=O) groups is 1. The molecule has 1 heterocycles. The molecule has 1 aromatic rings. The van der Waals surface area contributed by atoms with Gasteiger partial charge in [-0.15, -0.1) is 0 Å². The fourth-order valence-corrected chi connectivity index (χ4v) is 0.991. The maximum Gasteiger partial charge on any atom is 0.254 e. The van der Waals surface area contributed by atoms with Crippen molar-refractivity contribution in [2.75, 3.05) is 6.54 Å². The Hall–Kier alpha value is -1.09. The fraction of sp³-hybridized carbons (Fsp3) is 0.250. The van der Waals surface area contributed by atoms with Crippen molar-refractivity contribution < 1.29 is 4.79 Å². The highest BCUT2D eigenvalue weighted by Crippen LogP contribution is 2.12. The number of hydrogen-bond donors (Lipinski definition) is 1. The van der Waals surface area contributed by atoms with E-state index in [0.717, 1.165) is 0 Å². The summed E-state index contributed by atoms with van der Waals surface area (Å²) in [6, 6.07) is 1.59. The highest BCUT2D eigenvalue weighted by atomic mass is 35.5. The average Bonchev–Trinajstić information content (AvgIpc) is 2.05. The molecule has 1 rings (SSSR count). The minimum absolute atomic E-state index is 0.185. The van der Waals surface area contributed by atoms with Crippen LogP contribution in [0.25, 0.3) is 0 Å². The lowest BCUT2D eigenvalue weighted by molar-refractivity contribution is 0.0955. The maximum absolute atomic E-state index is 11.2. The molecule has 0 fully saturated rings. The molecular formula is C8H9ClN2O. The van der Waals surface area contributed by atoms with E-state index in [4.69, 9.17) is 11.6 Å². The zero-order valence-corrected chi connectivity index (χ0v) is 7.43. The van der Waals surface area contributed by atoms with Gasteiger partial charge in [-0.3, -0.25) is 9.78 Å². The van der Waals surface area contributed by atoms with E-state index in [-0.39, 0.29) is 5.91 Å². The summed E-state index contributed by atoms with van der Waals surface area (Å²) in [5.74, 6) is -0.185. The quantitative estimate of drug-likeness (QED) is 0.757. The molecule has 4 heteroatoms. The Morgan fingerprint density at radius 1 is 1.75 bits per heavy atom. The third-order valence-electron chi connectivity index (χ3n) is 1.35. The van der Waals surface area contributed by atoms with Gasteiger partial charge >= 0.3 is 0 Å². The van der Waals surface area contributed by atoms with Crippen LogP contribution in [-0.2, 0) is 0 Å². The molecule has 12 heavy (non-hydrogen) atoms. The van der Waals surface area contributed by atoms with Crippen molar-refractivity contribution in [3.63, 3.8) is 0 Å². The van der Waals surface area contributed by atoms with E-state index in [0.29, 0.717) is 17.1 Å². The molecule has 0 bridgehead atoms. The largest absolute Gasteiger partial charge is 0.352 e. The summed E-state index contributed by atoms with van der Waals surface area (Å²) >= 11 is 5.75. The molecule has 0 saturated heterocycles. The number of nitrogens with zero attached hydrogens (tertiary/aromatic N) is 1. The van der Waals surface area contributed by atoms with Gasteiger partial charge in [-0.25, -0.2) is 0 Å². The van der Waals surface area contributed by atoms with Crippen molar-refractivity contribution >= 4 is 17.5 Å². The summed E-state index contributed by atoms with van der Waals surface area (Å²) in [5.41, 5.74) is 0.418. The van der Waals surface area contributed by atoms with Crippen LogP contribution < -0.4 is 5.32 Å². The van der Waals surface area contributed by atoms with E-state index in [9.17, 15) is 4.79 Å². The second-order valence-corrected chi connectivity index (χ2v) is 2.62. The molecule has 3 nitrogen and oxygen atoms in total. The average molecular weight is 185 g/mol. The third kappa shape index (κ3) is 1.95. The van der Waals surface area contributed by atoms with Gasteiger partial charge in [-0.2, -0.15) is 0 Å². The lowest BCUT2D eigenvalue weighted by atomic mass is 10.2. The number of rotatable bonds is 2. The van der Waals surface area contributed by atoms with Gasteiger partial charge in [0.15, 0.2) is 0 Å². The van der Waals surface area contributed by atoms with Crippen LogP contribution in [0, 0.1) is 0 Å². The zero-order valence-electron chi connectivity index (χ0n) is 6.67. The Bertz CT molecular complexity index is 288. The minimum Gasteiger partial charge on any atom is -0.352 e. The Kier molecular flexibility index (Phi) is 3.05. The second-order valence-electron chi connectivity index (χ2n) is 2.21. The highest BCUT2D eigenvalue weighted by Gasteiger charge is 2.07. The van der Waals surface area contributed by atoms with Gasteiger partial charge in [-0.05, 0) is 13.0 Å². The second kappa shape index (κ2) is 4.07. The number of carbonyl (C=O) groups excluding carboxylic acids is 1. The van der Waals surface area contributed by atoms with Gasteiger partial charge in [0.05, 0.1) is 10.6 Å². The van der Waals surface area contributed by atoms with Crippen molar-refractivity contribution in [1.29, 1.82) is 0 Å². The predicted octanol–water partition coefficient (Wildman–Crippen LogP) is 1.48. The van der Waals surface area contributed by atoms with Crippen molar-refractivity contribution in [2.24, 2.45) is 0 Å². The summed E-state index contributed by atoms with van der Waals surface area (Å²) in [6.45, 7) is 2.44. The number of nitrogens with one attached hydrogen (secondary N) is 1. The molecule has 0 spiro atoms. The highest BCUT2D eigenvalue weighted by molar-refractivity contribution is 6.33. The molecule has 0 aliphatic rings. The molecule has 0 aliphatic heterocycles. The standard InChI is InChI=1S/C8H9ClN2O/c1-2-11-8(12)6-5-10-4-3-7(6)9/h3-5H,2H2,1H3,(H,11,12). The zero-order chi connectivity index (χ0) is 8.97. The van der Waals surface area contributed by atoms with Gasteiger partial charge in [0.1, 0.15) is 0 Å². The lowest BCUT2D eigenvalue weighted by Crippen LogP contribution is -2.23. The number of pyridine rings is 1. The lowest BCUT2D eigenvalue weighted by Gasteiger charge is -2.02. The molecule has 1 aromatic heterocycles. The van der Waals surface area contributed by atoms with Crippen LogP contribution >= 0.6 is 11.6 Å². The molecule has 0 saturated carbocycles. The van der Waals surface area contributed by atoms with Gasteiger partial charge < -0.3 is 5.32 Å². The smallest absolute Gasteiger partial charge is 0.254 e.